The number of hydrogen-bond donors (Lipinski definition) is 16. The Bertz CT molecular complexity index is 3640. The minimum absolute atomic E-state index is 0.0395. The summed E-state index contributed by atoms with van der Waals surface area (Å²) in [4.78, 5) is 91.6. The van der Waals surface area contributed by atoms with Gasteiger partial charge in [0.25, 0.3) is 0 Å². The highest BCUT2D eigenvalue weighted by atomic mass is 16.3. The maximum Gasteiger partial charge on any atom is 0.156 e. The molecule has 0 spiro atoms. The van der Waals surface area contributed by atoms with E-state index in [1.165, 1.54) is 48.6 Å². The van der Waals surface area contributed by atoms with E-state index in [1.807, 2.05) is 111 Å². The zero-order chi connectivity index (χ0) is 100. The molecule has 0 saturated carbocycles. The fourth-order valence-corrected chi connectivity index (χ4v) is 17.1. The minimum atomic E-state index is -1.15. The number of aliphatic hydroxyl groups excluding tert-OH is 8. The third kappa shape index (κ3) is 30.3. The zero-order valence-electron chi connectivity index (χ0n) is 82.6. The van der Waals surface area contributed by atoms with Crippen LogP contribution in [-0.4, -0.2) is 222 Å². The van der Waals surface area contributed by atoms with Crippen LogP contribution in [0.3, 0.4) is 0 Å². The molecule has 0 aromatic carbocycles. The van der Waals surface area contributed by atoms with Crippen molar-refractivity contribution >= 4 is 46.3 Å². The van der Waals surface area contributed by atoms with Gasteiger partial charge < -0.3 is 81.7 Å². The largest absolute Gasteiger partial charge is 0.389 e. The Morgan fingerprint density at radius 3 is 0.312 bits per heavy atom. The molecule has 0 aromatic heterocycles. The van der Waals surface area contributed by atoms with Crippen molar-refractivity contribution in [3.8, 4) is 0 Å². The minimum Gasteiger partial charge on any atom is -0.389 e. The van der Waals surface area contributed by atoms with E-state index in [0.29, 0.717) is 96.0 Å². The fourth-order valence-electron chi connectivity index (χ4n) is 17.1. The van der Waals surface area contributed by atoms with Gasteiger partial charge in [0.05, 0.1) is 48.8 Å². The SMILES string of the molecule is CC1=CC(=O)CC(C)(C)C1(O)C=CC(C)O.CC1=CC(=O)CC(C)(C)C1(O)C=CC(C)O.CC1=CC(=O)CC(C)(C)C1(O)C=CC(C)O.CC1=CC(=O)CC(C)(C)C1(O)C=CC(C)O.CC1=CC(=O)CC(C)(C)C1(O)C=CC(C)O.CC1=CC(=O)CC(C)(C)C1(O)C=CC(C)O.CC1=CC(=O)CC(C)(C)C1(O)C=CC(C)O.CC1=CC(=O)CC(C)(C)C1(O)C=CC(C)O. The third-order valence-corrected chi connectivity index (χ3v) is 25.9. The monoisotopic (exact) mass is 1790 g/mol. The molecule has 16 atom stereocenters. The molecule has 0 bridgehead atoms. The quantitative estimate of drug-likeness (QED) is 0.0638. The maximum absolute atomic E-state index is 11.5. The van der Waals surface area contributed by atoms with Crippen LogP contribution in [0, 0.1) is 43.3 Å². The average Bonchev–Trinajstić information content (AvgIpc) is 0.815. The van der Waals surface area contributed by atoms with Crippen LogP contribution in [0.5, 0.6) is 0 Å². The highest BCUT2D eigenvalue weighted by Crippen LogP contribution is 2.51. The Hall–Kier alpha value is -7.44. The highest BCUT2D eigenvalue weighted by molar-refractivity contribution is 5.96. The molecule has 8 aliphatic rings. The number of ketones is 8. The summed E-state index contributed by atoms with van der Waals surface area (Å²) in [6.45, 7) is 56.6. The second-order valence-electron chi connectivity index (χ2n) is 41.8. The normalized spacial score (nSPS) is 31.6. The molecule has 0 amide bonds. The lowest BCUT2D eigenvalue weighted by molar-refractivity contribution is -0.122. The summed E-state index contributed by atoms with van der Waals surface area (Å²) < 4.78 is 0. The highest BCUT2D eigenvalue weighted by Gasteiger charge is 2.54. The van der Waals surface area contributed by atoms with Gasteiger partial charge in [-0.3, -0.25) is 38.4 Å². The van der Waals surface area contributed by atoms with Crippen LogP contribution < -0.4 is 0 Å². The first kappa shape index (κ1) is 119. The number of allylic oxidation sites excluding steroid dienone is 8. The van der Waals surface area contributed by atoms with Crippen LogP contribution in [-0.2, 0) is 38.4 Å². The van der Waals surface area contributed by atoms with Crippen LogP contribution in [0.15, 0.2) is 190 Å². The van der Waals surface area contributed by atoms with Crippen LogP contribution in [0.4, 0.5) is 0 Å². The standard InChI is InChI=1S/8C13H20O3/c8*1-9-7-11(15)8-12(3,4)13(9,16)6-5-10(2)14/h8*5-7,10,14,16H,8H2,1-4H3. The Balaban J connectivity index is 0.000000731. The van der Waals surface area contributed by atoms with Gasteiger partial charge in [-0.05, 0) is 253 Å². The molecule has 0 saturated heterocycles. The van der Waals surface area contributed by atoms with Crippen LogP contribution in [0.2, 0.25) is 0 Å². The van der Waals surface area contributed by atoms with E-state index >= 15 is 0 Å². The van der Waals surface area contributed by atoms with Crippen molar-refractivity contribution in [2.24, 2.45) is 43.3 Å². The maximum atomic E-state index is 11.5. The van der Waals surface area contributed by atoms with Gasteiger partial charge in [-0.15, -0.1) is 0 Å². The van der Waals surface area contributed by atoms with E-state index in [4.69, 9.17) is 0 Å². The zero-order valence-corrected chi connectivity index (χ0v) is 82.6. The lowest BCUT2D eigenvalue weighted by Gasteiger charge is -2.44. The summed E-state index contributed by atoms with van der Waals surface area (Å²) in [5, 5.41) is 159. The molecule has 0 fully saturated rings. The van der Waals surface area contributed by atoms with E-state index < -0.39 is 137 Å². The predicted molar refractivity (Wildman–Crippen MR) is 503 cm³/mol. The number of hydrogen-bond acceptors (Lipinski definition) is 24. The summed E-state index contributed by atoms with van der Waals surface area (Å²) in [6, 6.07) is 0. The molecule has 0 radical (unpaired) electrons. The van der Waals surface area contributed by atoms with Gasteiger partial charge >= 0.3 is 0 Å². The van der Waals surface area contributed by atoms with Gasteiger partial charge in [0.2, 0.25) is 0 Å². The molecular weight excluding hydrogens is 1630 g/mol. The molecule has 16 unspecified atom stereocenters. The smallest absolute Gasteiger partial charge is 0.156 e. The number of aliphatic hydroxyl groups is 16. The first-order chi connectivity index (χ1) is 57.5. The van der Waals surface area contributed by atoms with Gasteiger partial charge in [-0.25, -0.2) is 0 Å². The lowest BCUT2D eigenvalue weighted by atomic mass is 9.64. The van der Waals surface area contributed by atoms with E-state index in [2.05, 4.69) is 0 Å². The molecule has 0 aromatic rings. The van der Waals surface area contributed by atoms with Gasteiger partial charge in [-0.1, -0.05) is 159 Å². The van der Waals surface area contributed by atoms with Gasteiger partial charge in [0.15, 0.2) is 46.3 Å². The van der Waals surface area contributed by atoms with Crippen molar-refractivity contribution < 1.29 is 120 Å². The van der Waals surface area contributed by atoms with Crippen molar-refractivity contribution in [1.29, 1.82) is 0 Å². The molecule has 16 N–H and O–H groups in total. The van der Waals surface area contributed by atoms with Gasteiger partial charge in [0, 0.05) is 94.7 Å². The molecule has 128 heavy (non-hydrogen) atoms. The molecule has 8 aliphatic carbocycles. The average molecular weight is 1790 g/mol. The van der Waals surface area contributed by atoms with Crippen molar-refractivity contribution in [3.63, 3.8) is 0 Å². The van der Waals surface area contributed by atoms with Crippen molar-refractivity contribution in [2.45, 2.75) is 367 Å². The van der Waals surface area contributed by atoms with Crippen LogP contribution in [0.25, 0.3) is 0 Å². The second-order valence-corrected chi connectivity index (χ2v) is 41.8. The van der Waals surface area contributed by atoms with Gasteiger partial charge in [0.1, 0.15) is 44.8 Å². The van der Waals surface area contributed by atoms with Gasteiger partial charge in [-0.2, -0.15) is 0 Å². The Morgan fingerprint density at radius 2 is 0.258 bits per heavy atom. The topological polar surface area (TPSA) is 460 Å². The lowest BCUT2D eigenvalue weighted by Crippen LogP contribution is -2.48. The van der Waals surface area contributed by atoms with Crippen LogP contribution >= 0.6 is 0 Å². The fraction of sp³-hybridized carbons (Fsp3) is 0.615. The first-order valence-corrected chi connectivity index (χ1v) is 44.0. The molecule has 24 nitrogen and oxygen atoms in total. The van der Waals surface area contributed by atoms with Crippen LogP contribution in [0.1, 0.15) is 273 Å². The number of rotatable bonds is 16. The summed E-state index contributed by atoms with van der Waals surface area (Å²) in [6.07, 6.45) is 34.7. The molecule has 8 rings (SSSR count). The predicted octanol–water partition coefficient (Wildman–Crippen LogP) is 12.8. The Kier molecular flexibility index (Phi) is 42.0. The first-order valence-electron chi connectivity index (χ1n) is 44.0. The Morgan fingerprint density at radius 1 is 0.188 bits per heavy atom. The number of carbonyl (C=O) groups excluding carboxylic acids is 8. The van der Waals surface area contributed by atoms with E-state index in [-0.39, 0.29) is 46.3 Å². The van der Waals surface area contributed by atoms with Crippen molar-refractivity contribution in [1.82, 2.24) is 0 Å². The van der Waals surface area contributed by atoms with E-state index in [1.54, 1.807) is 208 Å². The van der Waals surface area contributed by atoms with Crippen molar-refractivity contribution in [3.05, 3.63) is 190 Å². The summed E-state index contributed by atoms with van der Waals surface area (Å²) >= 11 is 0. The molecule has 720 valence electrons. The summed E-state index contributed by atoms with van der Waals surface area (Å²) in [5.41, 5.74) is -8.58. The molecular formula is C104H160O24. The molecule has 24 heteroatoms. The van der Waals surface area contributed by atoms with E-state index in [9.17, 15) is 120 Å². The second kappa shape index (κ2) is 45.3. The summed E-state index contributed by atoms with van der Waals surface area (Å²) in [5.74, 6) is 0.316. The number of carbonyl (C=O) groups is 8. The summed E-state index contributed by atoms with van der Waals surface area (Å²) in [7, 11) is 0. The van der Waals surface area contributed by atoms with E-state index in [0.717, 1.165) is 0 Å². The molecule has 0 aliphatic heterocycles. The Labute approximate surface area is 762 Å². The van der Waals surface area contributed by atoms with Crippen molar-refractivity contribution in [2.75, 3.05) is 0 Å². The third-order valence-electron chi connectivity index (χ3n) is 25.9. The molecule has 0 heterocycles.